The van der Waals surface area contributed by atoms with Gasteiger partial charge in [-0.15, -0.1) is 0 Å². The van der Waals surface area contributed by atoms with E-state index in [1.165, 1.54) is 24.0 Å². The molecular weight excluding hydrogens is 403 g/mol. The SMILES string of the molecule is CC(=O)N(Cc1ccc(F)cc1)C(C(=O)NCc1ccc(Cl)cc1)c1ccccc1. The van der Waals surface area contributed by atoms with Gasteiger partial charge in [0.25, 0.3) is 0 Å². The lowest BCUT2D eigenvalue weighted by atomic mass is 10.0. The fourth-order valence-corrected chi connectivity index (χ4v) is 3.29. The number of halogens is 2. The van der Waals surface area contributed by atoms with E-state index in [9.17, 15) is 14.0 Å². The molecule has 0 fully saturated rings. The van der Waals surface area contributed by atoms with Gasteiger partial charge in [-0.1, -0.05) is 66.2 Å². The average molecular weight is 425 g/mol. The Morgan fingerprint density at radius 2 is 1.53 bits per heavy atom. The third-order valence-electron chi connectivity index (χ3n) is 4.73. The Hall–Kier alpha value is -3.18. The molecule has 0 saturated carbocycles. The van der Waals surface area contributed by atoms with Crippen molar-refractivity contribution in [3.8, 4) is 0 Å². The predicted octanol–water partition coefficient (Wildman–Crippen LogP) is 4.89. The number of rotatable bonds is 7. The van der Waals surface area contributed by atoms with Crippen molar-refractivity contribution in [2.24, 2.45) is 0 Å². The van der Waals surface area contributed by atoms with Gasteiger partial charge in [0.15, 0.2) is 0 Å². The molecule has 6 heteroatoms. The molecule has 1 atom stereocenters. The van der Waals surface area contributed by atoms with Crippen molar-refractivity contribution in [3.63, 3.8) is 0 Å². The maximum atomic E-state index is 13.3. The number of amides is 2. The Kier molecular flexibility index (Phi) is 7.20. The van der Waals surface area contributed by atoms with Gasteiger partial charge in [-0.2, -0.15) is 0 Å². The first-order valence-corrected chi connectivity index (χ1v) is 9.90. The number of carbonyl (C=O) groups is 2. The van der Waals surface area contributed by atoms with Crippen LogP contribution in [0, 0.1) is 5.82 Å². The number of nitrogens with one attached hydrogen (secondary N) is 1. The number of carbonyl (C=O) groups excluding carboxylic acids is 2. The van der Waals surface area contributed by atoms with Crippen LogP contribution in [0.4, 0.5) is 4.39 Å². The second-order valence-electron chi connectivity index (χ2n) is 6.93. The van der Waals surface area contributed by atoms with Crippen LogP contribution in [0.2, 0.25) is 5.02 Å². The zero-order chi connectivity index (χ0) is 21.5. The highest BCUT2D eigenvalue weighted by Crippen LogP contribution is 2.24. The van der Waals surface area contributed by atoms with Gasteiger partial charge < -0.3 is 10.2 Å². The van der Waals surface area contributed by atoms with Crippen LogP contribution in [0.1, 0.15) is 29.7 Å². The van der Waals surface area contributed by atoms with Crippen molar-refractivity contribution in [2.45, 2.75) is 26.1 Å². The van der Waals surface area contributed by atoms with Crippen molar-refractivity contribution >= 4 is 23.4 Å². The summed E-state index contributed by atoms with van der Waals surface area (Å²) in [6.07, 6.45) is 0. The second kappa shape index (κ2) is 10.0. The maximum absolute atomic E-state index is 13.3. The van der Waals surface area contributed by atoms with E-state index in [4.69, 9.17) is 11.6 Å². The Balaban J connectivity index is 1.85. The zero-order valence-electron chi connectivity index (χ0n) is 16.5. The van der Waals surface area contributed by atoms with Crippen molar-refractivity contribution < 1.29 is 14.0 Å². The molecule has 0 spiro atoms. The highest BCUT2D eigenvalue weighted by Gasteiger charge is 2.29. The largest absolute Gasteiger partial charge is 0.350 e. The van der Waals surface area contributed by atoms with Crippen LogP contribution >= 0.6 is 11.6 Å². The first-order valence-electron chi connectivity index (χ1n) is 9.53. The summed E-state index contributed by atoms with van der Waals surface area (Å²) < 4.78 is 13.3. The predicted molar refractivity (Wildman–Crippen MR) is 115 cm³/mol. The molecule has 30 heavy (non-hydrogen) atoms. The summed E-state index contributed by atoms with van der Waals surface area (Å²) in [4.78, 5) is 27.2. The van der Waals surface area contributed by atoms with E-state index in [-0.39, 0.29) is 24.2 Å². The molecule has 0 radical (unpaired) electrons. The Morgan fingerprint density at radius 3 is 2.13 bits per heavy atom. The lowest BCUT2D eigenvalue weighted by Gasteiger charge is -2.30. The molecule has 1 N–H and O–H groups in total. The first kappa shape index (κ1) is 21.5. The fourth-order valence-electron chi connectivity index (χ4n) is 3.17. The van der Waals surface area contributed by atoms with Gasteiger partial charge in [0.05, 0.1) is 0 Å². The van der Waals surface area contributed by atoms with Crippen LogP contribution in [0.25, 0.3) is 0 Å². The summed E-state index contributed by atoms with van der Waals surface area (Å²) in [6.45, 7) is 1.91. The topological polar surface area (TPSA) is 49.4 Å². The van der Waals surface area contributed by atoms with Crippen molar-refractivity contribution in [3.05, 3.63) is 106 Å². The number of hydrogen-bond acceptors (Lipinski definition) is 2. The number of hydrogen-bond donors (Lipinski definition) is 1. The molecule has 0 bridgehead atoms. The van der Waals surface area contributed by atoms with Gasteiger partial charge in [0, 0.05) is 25.0 Å². The highest BCUT2D eigenvalue weighted by atomic mass is 35.5. The summed E-state index contributed by atoms with van der Waals surface area (Å²) in [6, 6.07) is 21.4. The standard InChI is InChI=1S/C24H22ClFN2O2/c1-17(29)28(16-19-9-13-22(26)14-10-19)23(20-5-3-2-4-6-20)24(30)27-15-18-7-11-21(25)12-8-18/h2-14,23H,15-16H2,1H3,(H,27,30). The van der Waals surface area contributed by atoms with E-state index in [1.807, 2.05) is 42.5 Å². The third-order valence-corrected chi connectivity index (χ3v) is 4.98. The van der Waals surface area contributed by atoms with E-state index in [2.05, 4.69) is 5.32 Å². The second-order valence-corrected chi connectivity index (χ2v) is 7.37. The lowest BCUT2D eigenvalue weighted by molar-refractivity contribution is -0.140. The molecule has 2 amide bonds. The maximum Gasteiger partial charge on any atom is 0.247 e. The summed E-state index contributed by atoms with van der Waals surface area (Å²) >= 11 is 5.91. The number of nitrogens with zero attached hydrogens (tertiary/aromatic N) is 1. The van der Waals surface area contributed by atoms with E-state index in [0.717, 1.165) is 11.1 Å². The van der Waals surface area contributed by atoms with Crippen LogP contribution in [0.15, 0.2) is 78.9 Å². The minimum absolute atomic E-state index is 0.184. The zero-order valence-corrected chi connectivity index (χ0v) is 17.3. The Bertz CT molecular complexity index is 992. The Labute approximate surface area is 180 Å². The third kappa shape index (κ3) is 5.67. The van der Waals surface area contributed by atoms with Gasteiger partial charge in [0.1, 0.15) is 11.9 Å². The highest BCUT2D eigenvalue weighted by molar-refractivity contribution is 6.30. The molecule has 1 unspecified atom stereocenters. The van der Waals surface area contributed by atoms with Crippen molar-refractivity contribution in [2.75, 3.05) is 0 Å². The minimum Gasteiger partial charge on any atom is -0.350 e. The van der Waals surface area contributed by atoms with Gasteiger partial charge in [-0.25, -0.2) is 4.39 Å². The first-order chi connectivity index (χ1) is 14.4. The molecular formula is C24H22ClFN2O2. The summed E-state index contributed by atoms with van der Waals surface area (Å²) in [5, 5.41) is 3.53. The van der Waals surface area contributed by atoms with Crippen LogP contribution in [-0.2, 0) is 22.7 Å². The molecule has 154 valence electrons. The number of benzene rings is 3. The lowest BCUT2D eigenvalue weighted by Crippen LogP contribution is -2.42. The van der Waals surface area contributed by atoms with Crippen molar-refractivity contribution in [1.29, 1.82) is 0 Å². The minimum atomic E-state index is -0.818. The normalized spacial score (nSPS) is 11.6. The van der Waals surface area contributed by atoms with Gasteiger partial charge in [-0.05, 0) is 41.0 Å². The molecule has 3 aromatic carbocycles. The molecule has 0 aromatic heterocycles. The molecule has 4 nitrogen and oxygen atoms in total. The molecule has 3 aromatic rings. The quantitative estimate of drug-likeness (QED) is 0.587. The molecule has 3 rings (SSSR count). The van der Waals surface area contributed by atoms with E-state index in [0.29, 0.717) is 17.1 Å². The smallest absolute Gasteiger partial charge is 0.247 e. The monoisotopic (exact) mass is 424 g/mol. The average Bonchev–Trinajstić information content (AvgIpc) is 2.75. The Morgan fingerprint density at radius 1 is 0.933 bits per heavy atom. The summed E-state index contributed by atoms with van der Waals surface area (Å²) in [7, 11) is 0. The van der Waals surface area contributed by atoms with Crippen molar-refractivity contribution in [1.82, 2.24) is 10.2 Å². The molecule has 0 saturated heterocycles. The molecule has 0 aliphatic carbocycles. The van der Waals surface area contributed by atoms with Crippen LogP contribution in [0.5, 0.6) is 0 Å². The van der Waals surface area contributed by atoms with E-state index in [1.54, 1.807) is 24.3 Å². The van der Waals surface area contributed by atoms with Gasteiger partial charge in [0.2, 0.25) is 11.8 Å². The van der Waals surface area contributed by atoms with Crippen LogP contribution < -0.4 is 5.32 Å². The molecule has 0 aliphatic rings. The molecule has 0 heterocycles. The van der Waals surface area contributed by atoms with Gasteiger partial charge in [-0.3, -0.25) is 9.59 Å². The van der Waals surface area contributed by atoms with Crippen LogP contribution in [0.3, 0.4) is 0 Å². The van der Waals surface area contributed by atoms with Gasteiger partial charge >= 0.3 is 0 Å². The summed E-state index contributed by atoms with van der Waals surface area (Å²) in [5.41, 5.74) is 2.33. The van der Waals surface area contributed by atoms with Crippen LogP contribution in [-0.4, -0.2) is 16.7 Å². The summed E-state index contributed by atoms with van der Waals surface area (Å²) in [5.74, 6) is -0.906. The van der Waals surface area contributed by atoms with E-state index >= 15 is 0 Å². The fraction of sp³-hybridized carbons (Fsp3) is 0.167. The molecule has 0 aliphatic heterocycles. The van der Waals surface area contributed by atoms with E-state index < -0.39 is 6.04 Å².